The van der Waals surface area contributed by atoms with Crippen molar-refractivity contribution in [1.82, 2.24) is 20.1 Å². The maximum atomic E-state index is 13.0. The van der Waals surface area contributed by atoms with Crippen LogP contribution in [-0.2, 0) is 4.79 Å². The molecule has 1 aliphatic heterocycles. The number of nitrogens with zero attached hydrogens (tertiary/aromatic N) is 4. The molecule has 10 heteroatoms. The van der Waals surface area contributed by atoms with Crippen molar-refractivity contribution in [1.29, 1.82) is 0 Å². The quantitative estimate of drug-likeness (QED) is 0.468. The van der Waals surface area contributed by atoms with Gasteiger partial charge in [0.2, 0.25) is 5.91 Å². The van der Waals surface area contributed by atoms with E-state index in [0.29, 0.717) is 47.8 Å². The average molecular weight is 434 g/mol. The van der Waals surface area contributed by atoms with Gasteiger partial charge < -0.3 is 10.2 Å². The van der Waals surface area contributed by atoms with E-state index in [2.05, 4.69) is 20.5 Å². The fourth-order valence-corrected chi connectivity index (χ4v) is 3.84. The Bertz CT molecular complexity index is 1190. The SMILES string of the molecule is Cc1nc(-c2ccc(NC(=O)C3CCCN3C(=O)c3ccc([N+](=O)[O-])c(C)c3)cc2)n[nH]1. The highest BCUT2D eigenvalue weighted by Crippen LogP contribution is 2.25. The van der Waals surface area contributed by atoms with Crippen molar-refractivity contribution >= 4 is 23.2 Å². The van der Waals surface area contributed by atoms with E-state index in [1.165, 1.54) is 23.1 Å². The van der Waals surface area contributed by atoms with Crippen LogP contribution in [0.15, 0.2) is 42.5 Å². The number of benzene rings is 2. The number of nitro benzene ring substituents is 1. The van der Waals surface area contributed by atoms with E-state index in [9.17, 15) is 19.7 Å². The number of rotatable bonds is 5. The van der Waals surface area contributed by atoms with Gasteiger partial charge in [-0.25, -0.2) is 4.98 Å². The Labute approximate surface area is 183 Å². The molecule has 1 unspecified atom stereocenters. The molecule has 2 amide bonds. The van der Waals surface area contributed by atoms with Gasteiger partial charge in [-0.2, -0.15) is 5.10 Å². The van der Waals surface area contributed by atoms with Crippen LogP contribution in [0.3, 0.4) is 0 Å². The van der Waals surface area contributed by atoms with Crippen LogP contribution in [0.2, 0.25) is 0 Å². The van der Waals surface area contributed by atoms with Gasteiger partial charge in [-0.1, -0.05) is 0 Å². The first-order valence-corrected chi connectivity index (χ1v) is 10.2. The van der Waals surface area contributed by atoms with Gasteiger partial charge in [-0.15, -0.1) is 0 Å². The standard InChI is InChI=1S/C22H22N6O4/c1-13-12-16(7-10-18(13)28(31)32)22(30)27-11-3-4-19(27)21(29)24-17-8-5-15(6-9-17)20-23-14(2)25-26-20/h5-10,12,19H,3-4,11H2,1-2H3,(H,24,29)(H,23,25,26). The first-order chi connectivity index (χ1) is 15.3. The summed E-state index contributed by atoms with van der Waals surface area (Å²) in [4.78, 5) is 42.3. The Hall–Kier alpha value is -4.08. The Kier molecular flexibility index (Phi) is 5.67. The Morgan fingerprint density at radius 2 is 1.94 bits per heavy atom. The molecule has 0 bridgehead atoms. The molecule has 4 rings (SSSR count). The van der Waals surface area contributed by atoms with Gasteiger partial charge in [0.1, 0.15) is 11.9 Å². The molecule has 1 saturated heterocycles. The summed E-state index contributed by atoms with van der Waals surface area (Å²) in [5.74, 6) is 0.713. The van der Waals surface area contributed by atoms with Crippen molar-refractivity contribution in [3.63, 3.8) is 0 Å². The van der Waals surface area contributed by atoms with E-state index < -0.39 is 11.0 Å². The normalized spacial score (nSPS) is 15.6. The van der Waals surface area contributed by atoms with Crippen molar-refractivity contribution in [3.8, 4) is 11.4 Å². The molecule has 1 aliphatic rings. The summed E-state index contributed by atoms with van der Waals surface area (Å²) < 4.78 is 0. The highest BCUT2D eigenvalue weighted by molar-refractivity contribution is 6.01. The number of aromatic amines is 1. The molecule has 10 nitrogen and oxygen atoms in total. The lowest BCUT2D eigenvalue weighted by molar-refractivity contribution is -0.385. The molecule has 2 N–H and O–H groups in total. The maximum Gasteiger partial charge on any atom is 0.272 e. The fourth-order valence-electron chi connectivity index (χ4n) is 3.84. The molecule has 1 atom stereocenters. The molecule has 164 valence electrons. The number of hydrogen-bond acceptors (Lipinski definition) is 6. The number of aryl methyl sites for hydroxylation is 2. The summed E-state index contributed by atoms with van der Waals surface area (Å²) in [6.45, 7) is 3.86. The number of aromatic nitrogens is 3. The molecular formula is C22H22N6O4. The summed E-state index contributed by atoms with van der Waals surface area (Å²) in [6, 6.07) is 10.8. The molecule has 2 heterocycles. The van der Waals surface area contributed by atoms with Gasteiger partial charge >= 0.3 is 0 Å². The number of carbonyl (C=O) groups excluding carboxylic acids is 2. The number of H-pyrrole nitrogens is 1. The summed E-state index contributed by atoms with van der Waals surface area (Å²) in [5, 5.41) is 20.8. The smallest absolute Gasteiger partial charge is 0.272 e. The van der Waals surface area contributed by atoms with Gasteiger partial charge in [-0.05, 0) is 63.1 Å². The van der Waals surface area contributed by atoms with Crippen molar-refractivity contribution in [3.05, 3.63) is 69.5 Å². The van der Waals surface area contributed by atoms with Crippen LogP contribution in [0.25, 0.3) is 11.4 Å². The lowest BCUT2D eigenvalue weighted by Gasteiger charge is -2.24. The van der Waals surface area contributed by atoms with Crippen LogP contribution in [0.4, 0.5) is 11.4 Å². The minimum absolute atomic E-state index is 0.0408. The Morgan fingerprint density at radius 1 is 1.19 bits per heavy atom. The number of amides is 2. The zero-order chi connectivity index (χ0) is 22.8. The van der Waals surface area contributed by atoms with Crippen LogP contribution in [0.5, 0.6) is 0 Å². The van der Waals surface area contributed by atoms with E-state index >= 15 is 0 Å². The van der Waals surface area contributed by atoms with Gasteiger partial charge in [-0.3, -0.25) is 24.8 Å². The second-order valence-corrected chi connectivity index (χ2v) is 7.73. The number of likely N-dealkylation sites (tertiary alicyclic amines) is 1. The minimum atomic E-state index is -0.603. The fraction of sp³-hybridized carbons (Fsp3) is 0.273. The third-order valence-electron chi connectivity index (χ3n) is 5.46. The third-order valence-corrected chi connectivity index (χ3v) is 5.46. The van der Waals surface area contributed by atoms with Crippen LogP contribution in [0, 0.1) is 24.0 Å². The lowest BCUT2D eigenvalue weighted by atomic mass is 10.1. The minimum Gasteiger partial charge on any atom is -0.327 e. The Balaban J connectivity index is 1.46. The number of nitro groups is 1. The molecule has 3 aromatic rings. The average Bonchev–Trinajstić information content (AvgIpc) is 3.43. The van der Waals surface area contributed by atoms with E-state index in [0.717, 1.165) is 5.56 Å². The Morgan fingerprint density at radius 3 is 2.56 bits per heavy atom. The largest absolute Gasteiger partial charge is 0.327 e. The van der Waals surface area contributed by atoms with E-state index in [1.54, 1.807) is 19.1 Å². The number of carbonyl (C=O) groups is 2. The van der Waals surface area contributed by atoms with Crippen molar-refractivity contribution in [2.45, 2.75) is 32.7 Å². The van der Waals surface area contributed by atoms with Gasteiger partial charge in [0, 0.05) is 35.0 Å². The van der Waals surface area contributed by atoms with Crippen molar-refractivity contribution in [2.24, 2.45) is 0 Å². The summed E-state index contributed by atoms with van der Waals surface area (Å²) >= 11 is 0. The molecule has 1 fully saturated rings. The molecule has 0 aliphatic carbocycles. The first kappa shape index (κ1) is 21.2. The summed E-state index contributed by atoms with van der Waals surface area (Å²) in [6.07, 6.45) is 1.26. The van der Waals surface area contributed by atoms with Crippen molar-refractivity contribution in [2.75, 3.05) is 11.9 Å². The van der Waals surface area contributed by atoms with Crippen LogP contribution in [-0.4, -0.2) is 49.4 Å². The van der Waals surface area contributed by atoms with E-state index in [1.807, 2.05) is 19.1 Å². The molecule has 1 aromatic heterocycles. The predicted octanol–water partition coefficient (Wildman–Crippen LogP) is 3.24. The topological polar surface area (TPSA) is 134 Å². The van der Waals surface area contributed by atoms with E-state index in [4.69, 9.17) is 0 Å². The molecule has 32 heavy (non-hydrogen) atoms. The van der Waals surface area contributed by atoms with Gasteiger partial charge in [0.25, 0.3) is 11.6 Å². The number of hydrogen-bond donors (Lipinski definition) is 2. The zero-order valence-corrected chi connectivity index (χ0v) is 17.7. The summed E-state index contributed by atoms with van der Waals surface area (Å²) in [7, 11) is 0. The number of anilines is 1. The molecule has 0 saturated carbocycles. The maximum absolute atomic E-state index is 13.0. The predicted molar refractivity (Wildman–Crippen MR) is 117 cm³/mol. The highest BCUT2D eigenvalue weighted by Gasteiger charge is 2.35. The number of nitrogens with one attached hydrogen (secondary N) is 2. The third kappa shape index (κ3) is 4.20. The van der Waals surface area contributed by atoms with E-state index in [-0.39, 0.29) is 17.5 Å². The van der Waals surface area contributed by atoms with Crippen LogP contribution in [0.1, 0.15) is 34.6 Å². The second kappa shape index (κ2) is 8.58. The summed E-state index contributed by atoms with van der Waals surface area (Å²) in [5.41, 5.74) is 2.12. The highest BCUT2D eigenvalue weighted by atomic mass is 16.6. The zero-order valence-electron chi connectivity index (χ0n) is 17.7. The van der Waals surface area contributed by atoms with Gasteiger partial charge in [0.15, 0.2) is 5.82 Å². The van der Waals surface area contributed by atoms with Crippen LogP contribution < -0.4 is 5.32 Å². The second-order valence-electron chi connectivity index (χ2n) is 7.73. The van der Waals surface area contributed by atoms with Gasteiger partial charge in [0.05, 0.1) is 4.92 Å². The molecular weight excluding hydrogens is 412 g/mol. The molecule has 0 radical (unpaired) electrons. The molecule has 0 spiro atoms. The van der Waals surface area contributed by atoms with Crippen molar-refractivity contribution < 1.29 is 14.5 Å². The lowest BCUT2D eigenvalue weighted by Crippen LogP contribution is -2.43. The monoisotopic (exact) mass is 434 g/mol. The molecule has 2 aromatic carbocycles. The van der Waals surface area contributed by atoms with Crippen LogP contribution >= 0.6 is 0 Å². The first-order valence-electron chi connectivity index (χ1n) is 10.2.